The number of ketones is 1. The van der Waals surface area contributed by atoms with E-state index in [0.29, 0.717) is 34.2 Å². The summed E-state index contributed by atoms with van der Waals surface area (Å²) in [4.78, 5) is 40.3. The van der Waals surface area contributed by atoms with Crippen LogP contribution in [0.2, 0.25) is 0 Å². The first-order valence-electron chi connectivity index (χ1n) is 11.8. The Morgan fingerprint density at radius 1 is 1.11 bits per heavy atom. The highest BCUT2D eigenvalue weighted by Gasteiger charge is 2.29. The van der Waals surface area contributed by atoms with Crippen LogP contribution in [-0.4, -0.2) is 47.1 Å². The van der Waals surface area contributed by atoms with Gasteiger partial charge in [0.1, 0.15) is 5.39 Å². The Balaban J connectivity index is 1.69. The highest BCUT2D eigenvalue weighted by molar-refractivity contribution is 6.12. The number of aromatic nitrogens is 2. The Hall–Kier alpha value is -3.91. The van der Waals surface area contributed by atoms with Crippen LogP contribution in [0.3, 0.4) is 0 Å². The molecule has 1 aliphatic rings. The lowest BCUT2D eigenvalue weighted by Crippen LogP contribution is -2.46. The molecule has 1 amide bonds. The second-order valence-electron chi connectivity index (χ2n) is 8.88. The van der Waals surface area contributed by atoms with E-state index in [0.717, 1.165) is 24.8 Å². The molecule has 2 aromatic heterocycles. The van der Waals surface area contributed by atoms with Crippen LogP contribution in [-0.2, 0) is 13.6 Å². The number of amides is 1. The molecule has 2 aromatic carbocycles. The fraction of sp³-hybridized carbons (Fsp3) is 0.296. The predicted octanol–water partition coefficient (Wildman–Crippen LogP) is 2.87. The summed E-state index contributed by atoms with van der Waals surface area (Å²) in [5.74, 6) is -0.236. The quantitative estimate of drug-likeness (QED) is 0.421. The summed E-state index contributed by atoms with van der Waals surface area (Å²) in [6.07, 6.45) is 1.88. The van der Waals surface area contributed by atoms with E-state index in [9.17, 15) is 14.4 Å². The molecule has 180 valence electrons. The van der Waals surface area contributed by atoms with E-state index in [1.165, 1.54) is 11.7 Å². The van der Waals surface area contributed by atoms with Gasteiger partial charge in [-0.2, -0.15) is 0 Å². The highest BCUT2D eigenvalue weighted by Crippen LogP contribution is 2.34. The van der Waals surface area contributed by atoms with E-state index in [-0.39, 0.29) is 35.6 Å². The number of benzene rings is 2. The number of ether oxygens (including phenoxy) is 1. The molecule has 1 aliphatic heterocycles. The number of methoxy groups -OCH3 is 1. The van der Waals surface area contributed by atoms with Crippen molar-refractivity contribution in [3.63, 3.8) is 0 Å². The van der Waals surface area contributed by atoms with E-state index in [2.05, 4.69) is 10.6 Å². The molecule has 35 heavy (non-hydrogen) atoms. The number of nitrogens with zero attached hydrogens (tertiary/aromatic N) is 2. The van der Waals surface area contributed by atoms with Crippen LogP contribution in [0.1, 0.15) is 33.7 Å². The number of piperidine rings is 1. The van der Waals surface area contributed by atoms with E-state index < -0.39 is 0 Å². The van der Waals surface area contributed by atoms with Crippen molar-refractivity contribution in [1.82, 2.24) is 19.8 Å². The number of carbonyl (C=O) groups excluding carboxylic acids is 2. The molecule has 0 bridgehead atoms. The Morgan fingerprint density at radius 3 is 2.57 bits per heavy atom. The molecule has 3 heterocycles. The first kappa shape index (κ1) is 22.9. The van der Waals surface area contributed by atoms with Crippen molar-refractivity contribution < 1.29 is 14.3 Å². The largest absolute Gasteiger partial charge is 0.493 e. The van der Waals surface area contributed by atoms with Gasteiger partial charge in [0.15, 0.2) is 17.2 Å². The van der Waals surface area contributed by atoms with Gasteiger partial charge in [-0.3, -0.25) is 19.0 Å². The van der Waals surface area contributed by atoms with Crippen LogP contribution in [0.25, 0.3) is 21.8 Å². The molecule has 0 saturated carbocycles. The molecule has 1 saturated heterocycles. The van der Waals surface area contributed by atoms with Crippen LogP contribution in [0, 0.1) is 0 Å². The zero-order valence-corrected chi connectivity index (χ0v) is 19.8. The fourth-order valence-corrected chi connectivity index (χ4v) is 5.02. The number of hydrogen-bond acceptors (Lipinski definition) is 5. The number of rotatable bonds is 6. The van der Waals surface area contributed by atoms with Crippen molar-refractivity contribution in [3.8, 4) is 5.75 Å². The summed E-state index contributed by atoms with van der Waals surface area (Å²) < 4.78 is 8.87. The molecule has 5 rings (SSSR count). The monoisotopic (exact) mass is 472 g/mol. The maximum atomic E-state index is 13.8. The lowest BCUT2D eigenvalue weighted by atomic mass is 10.1. The van der Waals surface area contributed by atoms with Gasteiger partial charge >= 0.3 is 0 Å². The lowest BCUT2D eigenvalue weighted by Gasteiger charge is -2.24. The van der Waals surface area contributed by atoms with Crippen molar-refractivity contribution >= 4 is 33.5 Å². The topological polar surface area (TPSA) is 94.4 Å². The molecular weight excluding hydrogens is 444 g/mol. The standard InChI is InChI=1S/C27H28N4O4/c1-30-23-19-12-6-7-13-20(19)31(16-21(32)17-9-4-3-5-10-17)27(34)22(23)25(35-2)24(30)26(33)29-18-11-8-14-28-15-18/h3-7,9-10,12-13,18,28H,8,11,14-16H2,1-2H3,(H,29,33). The number of nitrogens with one attached hydrogen (secondary N) is 2. The summed E-state index contributed by atoms with van der Waals surface area (Å²) >= 11 is 0. The van der Waals surface area contributed by atoms with Crippen LogP contribution >= 0.6 is 0 Å². The lowest BCUT2D eigenvalue weighted by molar-refractivity contribution is 0.0918. The first-order chi connectivity index (χ1) is 17.0. The van der Waals surface area contributed by atoms with Gasteiger partial charge < -0.3 is 19.9 Å². The maximum Gasteiger partial charge on any atom is 0.272 e. The molecule has 1 atom stereocenters. The summed E-state index contributed by atoms with van der Waals surface area (Å²) in [7, 11) is 3.23. The number of carbonyl (C=O) groups is 2. The molecule has 1 fully saturated rings. The van der Waals surface area contributed by atoms with Crippen molar-refractivity contribution in [2.24, 2.45) is 7.05 Å². The molecule has 2 N–H and O–H groups in total. The Morgan fingerprint density at radius 2 is 1.86 bits per heavy atom. The molecule has 8 heteroatoms. The van der Waals surface area contributed by atoms with Crippen LogP contribution in [0.15, 0.2) is 59.4 Å². The van der Waals surface area contributed by atoms with Gasteiger partial charge in [-0.25, -0.2) is 0 Å². The minimum absolute atomic E-state index is 0.0101. The number of hydrogen-bond donors (Lipinski definition) is 2. The molecule has 4 aromatic rings. The van der Waals surface area contributed by atoms with E-state index in [1.54, 1.807) is 35.9 Å². The third-order valence-electron chi connectivity index (χ3n) is 6.71. The molecule has 1 unspecified atom stereocenters. The van der Waals surface area contributed by atoms with Crippen molar-refractivity contribution in [3.05, 3.63) is 76.2 Å². The number of pyridine rings is 1. The van der Waals surface area contributed by atoms with Gasteiger partial charge in [0, 0.05) is 30.6 Å². The Bertz CT molecular complexity index is 1480. The van der Waals surface area contributed by atoms with Crippen molar-refractivity contribution in [1.29, 1.82) is 0 Å². The first-order valence-corrected chi connectivity index (χ1v) is 11.8. The molecule has 8 nitrogen and oxygen atoms in total. The molecule has 0 aliphatic carbocycles. The fourth-order valence-electron chi connectivity index (χ4n) is 5.02. The molecular formula is C27H28N4O4. The molecule has 0 radical (unpaired) electrons. The van der Waals surface area contributed by atoms with Crippen molar-refractivity contribution in [2.45, 2.75) is 25.4 Å². The van der Waals surface area contributed by atoms with Crippen LogP contribution < -0.4 is 20.9 Å². The summed E-state index contributed by atoms with van der Waals surface area (Å²) in [5.41, 5.74) is 1.69. The SMILES string of the molecule is COc1c(C(=O)NC2CCCNC2)n(C)c2c1c(=O)n(CC(=O)c1ccccc1)c1ccccc21. The summed E-state index contributed by atoms with van der Waals surface area (Å²) in [6, 6.07) is 16.3. The normalized spacial score (nSPS) is 15.9. The predicted molar refractivity (Wildman–Crippen MR) is 135 cm³/mol. The third-order valence-corrected chi connectivity index (χ3v) is 6.71. The zero-order valence-electron chi connectivity index (χ0n) is 19.8. The Labute approximate surface area is 202 Å². The van der Waals surface area contributed by atoms with Crippen LogP contribution in [0.4, 0.5) is 0 Å². The number of fused-ring (bicyclic) bond motifs is 3. The van der Waals surface area contributed by atoms with Crippen LogP contribution in [0.5, 0.6) is 5.75 Å². The zero-order chi connectivity index (χ0) is 24.5. The minimum atomic E-state index is -0.367. The maximum absolute atomic E-state index is 13.8. The summed E-state index contributed by atoms with van der Waals surface area (Å²) in [6.45, 7) is 1.53. The average Bonchev–Trinajstić information content (AvgIpc) is 3.20. The average molecular weight is 473 g/mol. The van der Waals surface area contributed by atoms with Gasteiger partial charge in [-0.15, -0.1) is 0 Å². The number of para-hydroxylation sites is 1. The van der Waals surface area contributed by atoms with Gasteiger partial charge in [0.2, 0.25) is 0 Å². The van der Waals surface area contributed by atoms with E-state index >= 15 is 0 Å². The molecule has 0 spiro atoms. The minimum Gasteiger partial charge on any atom is -0.493 e. The van der Waals surface area contributed by atoms with Gasteiger partial charge in [-0.1, -0.05) is 48.5 Å². The van der Waals surface area contributed by atoms with E-state index in [4.69, 9.17) is 4.74 Å². The number of aryl methyl sites for hydroxylation is 1. The second-order valence-corrected chi connectivity index (χ2v) is 8.88. The van der Waals surface area contributed by atoms with Gasteiger partial charge in [0.05, 0.1) is 24.7 Å². The summed E-state index contributed by atoms with van der Waals surface area (Å²) in [5, 5.41) is 7.44. The second kappa shape index (κ2) is 9.38. The van der Waals surface area contributed by atoms with Crippen molar-refractivity contribution in [2.75, 3.05) is 20.2 Å². The van der Waals surface area contributed by atoms with Gasteiger partial charge in [-0.05, 0) is 25.5 Å². The smallest absolute Gasteiger partial charge is 0.272 e. The Kier molecular flexibility index (Phi) is 6.13. The highest BCUT2D eigenvalue weighted by atomic mass is 16.5. The number of Topliss-reactive ketones (excluding diaryl/α,β-unsaturated/α-hetero) is 1. The third kappa shape index (κ3) is 4.00. The van der Waals surface area contributed by atoms with E-state index in [1.807, 2.05) is 30.3 Å². The van der Waals surface area contributed by atoms with Gasteiger partial charge in [0.25, 0.3) is 11.5 Å².